The molecule has 0 spiro atoms. The Bertz CT molecular complexity index is 1130. The minimum Gasteiger partial charge on any atom is -0.383 e. The van der Waals surface area contributed by atoms with Crippen molar-refractivity contribution in [2.24, 2.45) is 0 Å². The monoisotopic (exact) mass is 405 g/mol. The number of nitrogens with one attached hydrogen (secondary N) is 2. The zero-order valence-electron chi connectivity index (χ0n) is 15.2. The van der Waals surface area contributed by atoms with Gasteiger partial charge in [-0.15, -0.1) is 11.3 Å². The number of halogens is 1. The van der Waals surface area contributed by atoms with E-state index in [1.165, 1.54) is 23.5 Å². The Kier molecular flexibility index (Phi) is 5.21. The van der Waals surface area contributed by atoms with Crippen molar-refractivity contribution in [2.75, 3.05) is 13.2 Å². The number of carbonyl (C=O) groups excluding carboxylic acids is 1. The highest BCUT2D eigenvalue weighted by molar-refractivity contribution is 7.15. The molecule has 0 amide bonds. The minimum atomic E-state index is -0.600. The molecule has 0 radical (unpaired) electrons. The quantitative estimate of drug-likeness (QED) is 0.734. The van der Waals surface area contributed by atoms with E-state index in [9.17, 15) is 9.18 Å². The average molecular weight is 405 g/mol. The minimum absolute atomic E-state index is 0.0253. The predicted molar refractivity (Wildman–Crippen MR) is 110 cm³/mol. The molecule has 1 aromatic carbocycles. The van der Waals surface area contributed by atoms with Crippen LogP contribution in [0.15, 0.2) is 54.3 Å². The Morgan fingerprint density at radius 1 is 1.31 bits per heavy atom. The molecule has 1 aliphatic carbocycles. The van der Waals surface area contributed by atoms with Crippen molar-refractivity contribution in [3.63, 3.8) is 0 Å². The highest BCUT2D eigenvalue weighted by Gasteiger charge is 2.19. The molecular formula is C22H16FN3O2S. The molecule has 2 heterocycles. The molecule has 2 N–H and O–H groups in total. The van der Waals surface area contributed by atoms with Gasteiger partial charge in [-0.25, -0.2) is 4.39 Å². The van der Waals surface area contributed by atoms with E-state index in [-0.39, 0.29) is 11.6 Å². The molecule has 1 aliphatic heterocycles. The lowest BCUT2D eigenvalue weighted by atomic mass is 9.95. The number of aldehydes is 1. The highest BCUT2D eigenvalue weighted by atomic mass is 32.1. The Balaban J connectivity index is 1.74. The SMILES string of the molecule is N#Cc1ccc(-c2cc(C=O)sc2C2=C/C(=C/NC3COC3)C(=N)C=C2)cc1F. The van der Waals surface area contributed by atoms with Gasteiger partial charge in [-0.1, -0.05) is 12.1 Å². The number of ether oxygens (including phenoxy) is 1. The van der Waals surface area contributed by atoms with E-state index in [1.54, 1.807) is 24.4 Å². The second kappa shape index (κ2) is 7.95. The third kappa shape index (κ3) is 3.81. The van der Waals surface area contributed by atoms with Gasteiger partial charge in [-0.05, 0) is 41.5 Å². The van der Waals surface area contributed by atoms with Crippen LogP contribution < -0.4 is 5.32 Å². The summed E-state index contributed by atoms with van der Waals surface area (Å²) in [4.78, 5) is 12.7. The van der Waals surface area contributed by atoms with E-state index in [1.807, 2.05) is 18.2 Å². The van der Waals surface area contributed by atoms with Gasteiger partial charge in [-0.2, -0.15) is 5.26 Å². The fourth-order valence-electron chi connectivity index (χ4n) is 3.03. The fourth-order valence-corrected chi connectivity index (χ4v) is 4.03. The highest BCUT2D eigenvalue weighted by Crippen LogP contribution is 2.38. The number of thiophene rings is 1. The zero-order chi connectivity index (χ0) is 20.4. The molecule has 1 saturated heterocycles. The molecule has 0 saturated carbocycles. The number of rotatable bonds is 5. The molecule has 0 atom stereocenters. The summed E-state index contributed by atoms with van der Waals surface area (Å²) in [5.41, 5.74) is 3.20. The first-order valence-electron chi connectivity index (χ1n) is 8.91. The summed E-state index contributed by atoms with van der Waals surface area (Å²) < 4.78 is 19.3. The zero-order valence-corrected chi connectivity index (χ0v) is 16.1. The predicted octanol–water partition coefficient (Wildman–Crippen LogP) is 4.08. The summed E-state index contributed by atoms with van der Waals surface area (Å²) in [6.07, 6.45) is 7.95. The molecule has 144 valence electrons. The van der Waals surface area contributed by atoms with Crippen molar-refractivity contribution in [1.82, 2.24) is 5.32 Å². The van der Waals surface area contributed by atoms with Crippen molar-refractivity contribution in [3.8, 4) is 17.2 Å². The summed E-state index contributed by atoms with van der Waals surface area (Å²) in [5.74, 6) is -0.600. The van der Waals surface area contributed by atoms with Gasteiger partial charge < -0.3 is 15.5 Å². The smallest absolute Gasteiger partial charge is 0.160 e. The van der Waals surface area contributed by atoms with Crippen molar-refractivity contribution in [2.45, 2.75) is 6.04 Å². The van der Waals surface area contributed by atoms with Gasteiger partial charge in [0.1, 0.15) is 11.9 Å². The van der Waals surface area contributed by atoms with E-state index < -0.39 is 5.82 Å². The topological polar surface area (TPSA) is 86.0 Å². The maximum atomic E-state index is 14.2. The van der Waals surface area contributed by atoms with Crippen LogP contribution in [0, 0.1) is 22.6 Å². The molecule has 0 unspecified atom stereocenters. The fraction of sp³-hybridized carbons (Fsp3) is 0.136. The van der Waals surface area contributed by atoms with E-state index in [2.05, 4.69) is 5.32 Å². The second-order valence-electron chi connectivity index (χ2n) is 6.66. The lowest BCUT2D eigenvalue weighted by molar-refractivity contribution is 0.000734. The maximum Gasteiger partial charge on any atom is 0.160 e. The van der Waals surface area contributed by atoms with Gasteiger partial charge in [0.2, 0.25) is 0 Å². The Hall–Kier alpha value is -3.34. The summed E-state index contributed by atoms with van der Waals surface area (Å²) in [7, 11) is 0. The lowest BCUT2D eigenvalue weighted by Crippen LogP contribution is -2.43. The van der Waals surface area contributed by atoms with Crippen LogP contribution in [0.3, 0.4) is 0 Å². The van der Waals surface area contributed by atoms with Crippen molar-refractivity contribution in [1.29, 1.82) is 10.7 Å². The first-order valence-corrected chi connectivity index (χ1v) is 9.73. The molecule has 2 aromatic rings. The van der Waals surface area contributed by atoms with Crippen LogP contribution in [0.2, 0.25) is 0 Å². The maximum absolute atomic E-state index is 14.2. The second-order valence-corrected chi connectivity index (χ2v) is 7.75. The van der Waals surface area contributed by atoms with Crippen LogP contribution >= 0.6 is 11.3 Å². The van der Waals surface area contributed by atoms with E-state index in [0.29, 0.717) is 40.5 Å². The van der Waals surface area contributed by atoms with Gasteiger partial charge >= 0.3 is 0 Å². The summed E-state index contributed by atoms with van der Waals surface area (Å²) in [5, 5.41) is 20.3. The van der Waals surface area contributed by atoms with E-state index in [0.717, 1.165) is 16.7 Å². The Morgan fingerprint density at radius 3 is 2.79 bits per heavy atom. The molecule has 29 heavy (non-hydrogen) atoms. The van der Waals surface area contributed by atoms with Crippen LogP contribution in [0.4, 0.5) is 4.39 Å². The summed E-state index contributed by atoms with van der Waals surface area (Å²) >= 11 is 1.31. The third-order valence-corrected chi connectivity index (χ3v) is 5.80. The summed E-state index contributed by atoms with van der Waals surface area (Å²) in [6, 6.07) is 8.19. The number of carbonyl (C=O) groups is 1. The first-order chi connectivity index (χ1) is 14.1. The van der Waals surface area contributed by atoms with Crippen molar-refractivity contribution in [3.05, 3.63) is 75.4 Å². The molecule has 5 nitrogen and oxygen atoms in total. The molecular weight excluding hydrogens is 389 g/mol. The van der Waals surface area contributed by atoms with Gasteiger partial charge in [0, 0.05) is 22.2 Å². The number of hydrogen-bond donors (Lipinski definition) is 2. The van der Waals surface area contributed by atoms with Crippen molar-refractivity contribution < 1.29 is 13.9 Å². The number of nitriles is 1. The average Bonchev–Trinajstić information content (AvgIpc) is 3.12. The third-order valence-electron chi connectivity index (χ3n) is 4.69. The molecule has 1 fully saturated rings. The van der Waals surface area contributed by atoms with E-state index >= 15 is 0 Å². The van der Waals surface area contributed by atoms with Gasteiger partial charge in [0.05, 0.1) is 35.4 Å². The van der Waals surface area contributed by atoms with Crippen LogP contribution in [-0.2, 0) is 4.74 Å². The molecule has 0 bridgehead atoms. The molecule has 2 aliphatic rings. The van der Waals surface area contributed by atoms with Gasteiger partial charge in [0.25, 0.3) is 0 Å². The van der Waals surface area contributed by atoms with Gasteiger partial charge in [-0.3, -0.25) is 4.79 Å². The summed E-state index contributed by atoms with van der Waals surface area (Å²) in [6.45, 7) is 1.29. The normalized spacial score (nSPS) is 17.6. The number of benzene rings is 1. The molecule has 4 rings (SSSR count). The molecule has 7 heteroatoms. The van der Waals surface area contributed by atoms with Gasteiger partial charge in [0.15, 0.2) is 6.29 Å². The van der Waals surface area contributed by atoms with Crippen LogP contribution in [-0.4, -0.2) is 31.3 Å². The first kappa shape index (κ1) is 19.0. The van der Waals surface area contributed by atoms with Crippen LogP contribution in [0.25, 0.3) is 16.7 Å². The van der Waals surface area contributed by atoms with Crippen molar-refractivity contribution >= 4 is 28.9 Å². The standard InChI is InChI=1S/C22H16FN3O2S/c23-20-6-13(1-2-15(20)8-24)19-7-18(10-27)29-22(19)14-3-4-21(25)16(5-14)9-26-17-11-28-12-17/h1-7,9-10,17,25-26H,11-12H2/b16-9-,25-21?. The number of hydrogen-bond acceptors (Lipinski definition) is 6. The Morgan fingerprint density at radius 2 is 2.14 bits per heavy atom. The van der Waals surface area contributed by atoms with Crippen LogP contribution in [0.5, 0.6) is 0 Å². The number of nitrogens with zero attached hydrogens (tertiary/aromatic N) is 1. The molecule has 1 aromatic heterocycles. The largest absolute Gasteiger partial charge is 0.383 e. The van der Waals surface area contributed by atoms with Crippen LogP contribution in [0.1, 0.15) is 20.1 Å². The lowest BCUT2D eigenvalue weighted by Gasteiger charge is -2.26. The van der Waals surface area contributed by atoms with E-state index in [4.69, 9.17) is 15.4 Å². The number of allylic oxidation sites excluding steroid dienone is 5. The Labute approximate surface area is 170 Å².